The molecule has 1 heterocycles. The molecule has 194 valence electrons. The number of ether oxygens (including phenoxy) is 2. The van der Waals surface area contributed by atoms with Gasteiger partial charge in [-0.25, -0.2) is 0 Å². The number of Topliss-reactive ketones (excluding diaryl/α,β-unsaturated/α-hetero) is 1. The molecule has 36 heavy (non-hydrogen) atoms. The Morgan fingerprint density at radius 2 is 1.64 bits per heavy atom. The van der Waals surface area contributed by atoms with Gasteiger partial charge in [-0.2, -0.15) is 0 Å². The van der Waals surface area contributed by atoms with E-state index in [1.165, 1.54) is 14.2 Å². The summed E-state index contributed by atoms with van der Waals surface area (Å²) in [5, 5.41) is 11.4. The molecular formula is C29H38N2O5. The van der Waals surface area contributed by atoms with E-state index in [1.54, 1.807) is 23.1 Å². The quantitative estimate of drug-likeness (QED) is 0.308. The molecule has 0 bridgehead atoms. The third-order valence-electron chi connectivity index (χ3n) is 6.85. The summed E-state index contributed by atoms with van der Waals surface area (Å²) in [6, 6.07) is 12.2. The topological polar surface area (TPSA) is 79.3 Å². The summed E-state index contributed by atoms with van der Waals surface area (Å²) in [6.45, 7) is 13.2. The fourth-order valence-corrected chi connectivity index (χ4v) is 4.55. The van der Waals surface area contributed by atoms with Crippen LogP contribution in [0.4, 0.5) is 0 Å². The molecule has 1 atom stereocenters. The maximum absolute atomic E-state index is 13.4. The maximum atomic E-state index is 13.4. The van der Waals surface area contributed by atoms with Gasteiger partial charge in [0, 0.05) is 19.2 Å². The van der Waals surface area contributed by atoms with E-state index in [4.69, 9.17) is 9.47 Å². The lowest BCUT2D eigenvalue weighted by molar-refractivity contribution is -0.140. The number of amides is 1. The molecule has 1 unspecified atom stereocenters. The number of aliphatic hydroxyl groups excluding tert-OH is 1. The Kier molecular flexibility index (Phi) is 8.46. The summed E-state index contributed by atoms with van der Waals surface area (Å²) in [5.41, 5.74) is 2.27. The number of likely N-dealkylation sites (N-methyl/N-ethyl adjacent to an activating group) is 1. The number of likely N-dealkylation sites (tertiary alicyclic amines) is 1. The molecular weight excluding hydrogens is 456 g/mol. The minimum atomic E-state index is -0.707. The van der Waals surface area contributed by atoms with E-state index in [-0.39, 0.29) is 16.7 Å². The number of rotatable bonds is 9. The van der Waals surface area contributed by atoms with E-state index in [9.17, 15) is 14.7 Å². The zero-order valence-corrected chi connectivity index (χ0v) is 22.4. The summed E-state index contributed by atoms with van der Waals surface area (Å²) in [6.07, 6.45) is 0. The van der Waals surface area contributed by atoms with Gasteiger partial charge in [0.1, 0.15) is 17.3 Å². The van der Waals surface area contributed by atoms with Crippen LogP contribution in [0.15, 0.2) is 48.0 Å². The highest BCUT2D eigenvalue weighted by Crippen LogP contribution is 2.41. The highest BCUT2D eigenvalue weighted by molar-refractivity contribution is 6.46. The summed E-state index contributed by atoms with van der Waals surface area (Å²) >= 11 is 0. The Morgan fingerprint density at radius 3 is 2.17 bits per heavy atom. The zero-order chi connectivity index (χ0) is 26.6. The van der Waals surface area contributed by atoms with Crippen LogP contribution in [0.25, 0.3) is 5.76 Å². The summed E-state index contributed by atoms with van der Waals surface area (Å²) in [5.74, 6) is -0.667. The number of carbonyl (C=O) groups excluding carboxylic acids is 2. The lowest BCUT2D eigenvalue weighted by Crippen LogP contribution is -2.38. The van der Waals surface area contributed by atoms with Crippen LogP contribution in [0.5, 0.6) is 11.5 Å². The lowest BCUT2D eigenvalue weighted by atomic mass is 9.85. The molecule has 1 saturated heterocycles. The molecule has 1 aliphatic heterocycles. The predicted octanol–water partition coefficient (Wildman–Crippen LogP) is 4.76. The van der Waals surface area contributed by atoms with Crippen molar-refractivity contribution in [1.29, 1.82) is 0 Å². The fourth-order valence-electron chi connectivity index (χ4n) is 4.55. The summed E-state index contributed by atoms with van der Waals surface area (Å²) in [4.78, 5) is 30.4. The molecule has 7 heteroatoms. The highest BCUT2D eigenvalue weighted by atomic mass is 16.5. The molecule has 0 aromatic heterocycles. The van der Waals surface area contributed by atoms with Gasteiger partial charge in [0.25, 0.3) is 11.7 Å². The SMILES string of the molecule is CCN(CC)CCN1C(=O)C(=O)/C(=C(\O)c2ccc(OC)cc2OC)C1c1ccc(C(C)(C)C)cc1. The molecule has 0 saturated carbocycles. The van der Waals surface area contributed by atoms with Crippen molar-refractivity contribution in [3.63, 3.8) is 0 Å². The molecule has 0 aliphatic carbocycles. The molecule has 1 fully saturated rings. The van der Waals surface area contributed by atoms with Crippen LogP contribution >= 0.6 is 0 Å². The van der Waals surface area contributed by atoms with E-state index in [0.717, 1.165) is 24.2 Å². The molecule has 2 aromatic carbocycles. The van der Waals surface area contributed by atoms with Crippen molar-refractivity contribution in [1.82, 2.24) is 9.80 Å². The maximum Gasteiger partial charge on any atom is 0.295 e. The Balaban J connectivity index is 2.16. The molecule has 0 spiro atoms. The predicted molar refractivity (Wildman–Crippen MR) is 141 cm³/mol. The molecule has 1 N–H and O–H groups in total. The second kappa shape index (κ2) is 11.2. The Morgan fingerprint density at radius 1 is 1.00 bits per heavy atom. The van der Waals surface area contributed by atoms with Gasteiger partial charge in [-0.1, -0.05) is 58.9 Å². The number of aliphatic hydroxyl groups is 1. The van der Waals surface area contributed by atoms with E-state index in [0.29, 0.717) is 30.2 Å². The average molecular weight is 495 g/mol. The summed E-state index contributed by atoms with van der Waals surface area (Å²) in [7, 11) is 3.02. The van der Waals surface area contributed by atoms with E-state index in [1.807, 2.05) is 24.3 Å². The first-order valence-corrected chi connectivity index (χ1v) is 12.4. The smallest absolute Gasteiger partial charge is 0.295 e. The number of carbonyl (C=O) groups is 2. The first-order chi connectivity index (χ1) is 17.1. The first kappa shape index (κ1) is 27.3. The Labute approximate surface area is 214 Å². The van der Waals surface area contributed by atoms with Crippen LogP contribution in [0.3, 0.4) is 0 Å². The van der Waals surface area contributed by atoms with Crippen molar-refractivity contribution in [2.45, 2.75) is 46.1 Å². The van der Waals surface area contributed by atoms with Gasteiger partial charge in [-0.15, -0.1) is 0 Å². The van der Waals surface area contributed by atoms with Crippen LogP contribution in [-0.2, 0) is 15.0 Å². The van der Waals surface area contributed by atoms with Crippen molar-refractivity contribution in [2.75, 3.05) is 40.4 Å². The third kappa shape index (κ3) is 5.41. The standard InChI is InChI=1S/C29H38N2O5/c1-8-30(9-2)16-17-31-25(19-10-12-20(13-11-19)29(3,4)5)24(27(33)28(31)34)26(32)22-15-14-21(35-6)18-23(22)36-7/h10-15,18,25,32H,8-9,16-17H2,1-7H3/b26-24-. The third-order valence-corrected chi connectivity index (χ3v) is 6.85. The van der Waals surface area contributed by atoms with Gasteiger partial charge in [-0.05, 0) is 41.8 Å². The fraction of sp³-hybridized carbons (Fsp3) is 0.448. The number of hydrogen-bond donors (Lipinski definition) is 1. The van der Waals surface area contributed by atoms with Crippen LogP contribution < -0.4 is 9.47 Å². The van der Waals surface area contributed by atoms with Gasteiger partial charge >= 0.3 is 0 Å². The molecule has 2 aromatic rings. The minimum Gasteiger partial charge on any atom is -0.507 e. The van der Waals surface area contributed by atoms with E-state index in [2.05, 4.69) is 39.5 Å². The zero-order valence-electron chi connectivity index (χ0n) is 22.4. The Hall–Kier alpha value is -3.32. The number of methoxy groups -OCH3 is 2. The largest absolute Gasteiger partial charge is 0.507 e. The van der Waals surface area contributed by atoms with Gasteiger partial charge in [0.2, 0.25) is 0 Å². The van der Waals surface area contributed by atoms with E-state index >= 15 is 0 Å². The van der Waals surface area contributed by atoms with Crippen molar-refractivity contribution >= 4 is 17.4 Å². The van der Waals surface area contributed by atoms with Crippen LogP contribution in [-0.4, -0.2) is 67.0 Å². The second-order valence-electron chi connectivity index (χ2n) is 9.96. The average Bonchev–Trinajstić information content (AvgIpc) is 3.13. The van der Waals surface area contributed by atoms with Gasteiger partial charge in [0.15, 0.2) is 0 Å². The normalized spacial score (nSPS) is 17.7. The van der Waals surface area contributed by atoms with Gasteiger partial charge in [-0.3, -0.25) is 9.59 Å². The second-order valence-corrected chi connectivity index (χ2v) is 9.96. The molecule has 1 aliphatic rings. The number of nitrogens with zero attached hydrogens (tertiary/aromatic N) is 2. The van der Waals surface area contributed by atoms with E-state index < -0.39 is 17.7 Å². The van der Waals surface area contributed by atoms with Crippen molar-refractivity contribution < 1.29 is 24.2 Å². The van der Waals surface area contributed by atoms with Crippen LogP contribution in [0.2, 0.25) is 0 Å². The molecule has 0 radical (unpaired) electrons. The van der Waals surface area contributed by atoms with Crippen molar-refractivity contribution in [3.8, 4) is 11.5 Å². The molecule has 1 amide bonds. The first-order valence-electron chi connectivity index (χ1n) is 12.4. The molecule has 3 rings (SSSR count). The summed E-state index contributed by atoms with van der Waals surface area (Å²) < 4.78 is 10.7. The molecule has 7 nitrogen and oxygen atoms in total. The van der Waals surface area contributed by atoms with Gasteiger partial charge < -0.3 is 24.4 Å². The minimum absolute atomic E-state index is 0.0421. The van der Waals surface area contributed by atoms with Crippen molar-refractivity contribution in [2.24, 2.45) is 0 Å². The number of benzene rings is 2. The monoisotopic (exact) mass is 494 g/mol. The van der Waals surface area contributed by atoms with Crippen LogP contribution in [0, 0.1) is 0 Å². The lowest BCUT2D eigenvalue weighted by Gasteiger charge is -2.29. The van der Waals surface area contributed by atoms with Gasteiger partial charge in [0.05, 0.1) is 31.4 Å². The number of ketones is 1. The van der Waals surface area contributed by atoms with Crippen molar-refractivity contribution in [3.05, 3.63) is 64.7 Å². The highest BCUT2D eigenvalue weighted by Gasteiger charge is 2.46. The Bertz CT molecular complexity index is 1130. The number of hydrogen-bond acceptors (Lipinski definition) is 6. The van der Waals surface area contributed by atoms with Crippen LogP contribution in [0.1, 0.15) is 57.4 Å².